The van der Waals surface area contributed by atoms with Gasteiger partial charge in [0.05, 0.1) is 5.75 Å². The Kier molecular flexibility index (Phi) is 7.66. The number of hydrogen-bond acceptors (Lipinski definition) is 3. The number of nitrogens with one attached hydrogen (secondary N) is 1. The topological polar surface area (TPSA) is 49.4 Å². The highest BCUT2D eigenvalue weighted by molar-refractivity contribution is 7.89. The van der Waals surface area contributed by atoms with Gasteiger partial charge >= 0.3 is 0 Å². The van der Waals surface area contributed by atoms with Crippen molar-refractivity contribution in [1.82, 2.24) is 9.62 Å². The van der Waals surface area contributed by atoms with Crippen LogP contribution in [0.5, 0.6) is 0 Å². The maximum atomic E-state index is 12.6. The van der Waals surface area contributed by atoms with Gasteiger partial charge in [-0.3, -0.25) is 0 Å². The molecule has 0 aliphatic carbocycles. The molecule has 1 aromatic carbocycles. The number of rotatable bonds is 7. The molecule has 1 aliphatic rings. The molecule has 1 heterocycles. The van der Waals surface area contributed by atoms with Crippen LogP contribution in [0.3, 0.4) is 0 Å². The summed E-state index contributed by atoms with van der Waals surface area (Å²) in [6.45, 7) is 4.36. The first-order valence-electron chi connectivity index (χ1n) is 7.37. The van der Waals surface area contributed by atoms with Crippen LogP contribution in [0.1, 0.15) is 25.3 Å². The highest BCUT2D eigenvalue weighted by Gasteiger charge is 2.30. The molecular weight excluding hydrogens is 308 g/mol. The molecule has 1 aromatic rings. The van der Waals surface area contributed by atoms with Crippen LogP contribution in [0.15, 0.2) is 30.3 Å². The number of hydrogen-bond donors (Lipinski definition) is 1. The number of benzene rings is 1. The Morgan fingerprint density at radius 2 is 2.00 bits per heavy atom. The van der Waals surface area contributed by atoms with Crippen molar-refractivity contribution < 1.29 is 8.42 Å². The average molecular weight is 333 g/mol. The zero-order valence-electron chi connectivity index (χ0n) is 12.5. The van der Waals surface area contributed by atoms with Gasteiger partial charge in [0.2, 0.25) is 10.0 Å². The molecule has 1 unspecified atom stereocenters. The maximum Gasteiger partial charge on any atom is 0.214 e. The minimum absolute atomic E-state index is 0. The van der Waals surface area contributed by atoms with Gasteiger partial charge < -0.3 is 5.32 Å². The summed E-state index contributed by atoms with van der Waals surface area (Å²) in [7, 11) is -3.17. The summed E-state index contributed by atoms with van der Waals surface area (Å²) in [5.41, 5.74) is 1.08. The normalized spacial score (nSPS) is 18.7. The second-order valence-corrected chi connectivity index (χ2v) is 7.35. The van der Waals surface area contributed by atoms with Crippen molar-refractivity contribution in [3.05, 3.63) is 35.9 Å². The van der Waals surface area contributed by atoms with Crippen LogP contribution < -0.4 is 5.32 Å². The van der Waals surface area contributed by atoms with Crippen LogP contribution in [0.2, 0.25) is 0 Å². The predicted molar refractivity (Wildman–Crippen MR) is 89.5 cm³/mol. The Labute approximate surface area is 134 Å². The predicted octanol–water partition coefficient (Wildman–Crippen LogP) is 2.05. The molecule has 0 spiro atoms. The molecule has 1 atom stereocenters. The minimum Gasteiger partial charge on any atom is -0.315 e. The van der Waals surface area contributed by atoms with Gasteiger partial charge in [0.1, 0.15) is 0 Å². The molecule has 120 valence electrons. The monoisotopic (exact) mass is 332 g/mol. The first-order chi connectivity index (χ1) is 9.63. The molecular formula is C15H25ClN2O2S. The van der Waals surface area contributed by atoms with Gasteiger partial charge in [0.25, 0.3) is 0 Å². The first-order valence-corrected chi connectivity index (χ1v) is 8.98. The Morgan fingerprint density at radius 1 is 1.29 bits per heavy atom. The molecule has 0 bridgehead atoms. The van der Waals surface area contributed by atoms with E-state index in [1.165, 1.54) is 0 Å². The highest BCUT2D eigenvalue weighted by atomic mass is 35.5. The first kappa shape index (κ1) is 18.4. The van der Waals surface area contributed by atoms with Crippen LogP contribution in [0, 0.1) is 0 Å². The summed E-state index contributed by atoms with van der Waals surface area (Å²) in [4.78, 5) is 0. The average Bonchev–Trinajstić information content (AvgIpc) is 2.97. The summed E-state index contributed by atoms with van der Waals surface area (Å²) in [6, 6.07) is 9.95. The molecule has 0 amide bonds. The molecule has 0 aromatic heterocycles. The molecule has 21 heavy (non-hydrogen) atoms. The summed E-state index contributed by atoms with van der Waals surface area (Å²) in [5.74, 6) is 0.202. The van der Waals surface area contributed by atoms with Gasteiger partial charge in [-0.2, -0.15) is 4.31 Å². The van der Waals surface area contributed by atoms with Crippen molar-refractivity contribution in [2.45, 2.75) is 32.2 Å². The molecule has 1 N–H and O–H groups in total. The van der Waals surface area contributed by atoms with Crippen LogP contribution in [-0.4, -0.2) is 44.2 Å². The molecule has 0 saturated carbocycles. The fraction of sp³-hybridized carbons (Fsp3) is 0.600. The van der Waals surface area contributed by atoms with Gasteiger partial charge in [-0.15, -0.1) is 12.4 Å². The Hall–Kier alpha value is -0.620. The van der Waals surface area contributed by atoms with E-state index in [4.69, 9.17) is 0 Å². The zero-order valence-corrected chi connectivity index (χ0v) is 14.1. The number of halogens is 1. The van der Waals surface area contributed by atoms with Crippen molar-refractivity contribution in [2.75, 3.05) is 25.4 Å². The van der Waals surface area contributed by atoms with Crippen molar-refractivity contribution >= 4 is 22.4 Å². The fourth-order valence-corrected chi connectivity index (χ4v) is 4.49. The van der Waals surface area contributed by atoms with E-state index in [0.29, 0.717) is 13.0 Å². The third-order valence-electron chi connectivity index (χ3n) is 3.73. The summed E-state index contributed by atoms with van der Waals surface area (Å²) in [6.07, 6.45) is 2.37. The number of nitrogens with zero attached hydrogens (tertiary/aromatic N) is 1. The van der Waals surface area contributed by atoms with E-state index in [2.05, 4.69) is 5.32 Å². The zero-order chi connectivity index (χ0) is 14.4. The summed E-state index contributed by atoms with van der Waals surface area (Å²) in [5, 5.41) is 3.25. The lowest BCUT2D eigenvalue weighted by Crippen LogP contribution is -2.43. The molecule has 2 rings (SSSR count). The van der Waals surface area contributed by atoms with Crippen LogP contribution in [-0.2, 0) is 16.4 Å². The second-order valence-electron chi connectivity index (χ2n) is 5.31. The Bertz CT molecular complexity index is 502. The summed E-state index contributed by atoms with van der Waals surface area (Å²) < 4.78 is 26.9. The van der Waals surface area contributed by atoms with E-state index in [9.17, 15) is 8.42 Å². The van der Waals surface area contributed by atoms with E-state index in [1.807, 2.05) is 37.3 Å². The number of sulfonamides is 1. The van der Waals surface area contributed by atoms with Gasteiger partial charge in [-0.05, 0) is 31.4 Å². The fourth-order valence-electron chi connectivity index (χ4n) is 2.66. The molecule has 1 aliphatic heterocycles. The van der Waals surface area contributed by atoms with Gasteiger partial charge in [-0.1, -0.05) is 37.3 Å². The SMILES string of the molecule is CCCN(C1CCNC1)S(=O)(=O)CCc1ccccc1.Cl. The van der Waals surface area contributed by atoms with E-state index in [0.717, 1.165) is 31.5 Å². The highest BCUT2D eigenvalue weighted by Crippen LogP contribution is 2.16. The third-order valence-corrected chi connectivity index (χ3v) is 5.65. The quantitative estimate of drug-likeness (QED) is 0.831. The van der Waals surface area contributed by atoms with E-state index in [-0.39, 0.29) is 24.2 Å². The third kappa shape index (κ3) is 5.25. The maximum absolute atomic E-state index is 12.6. The second kappa shape index (κ2) is 8.73. The Balaban J connectivity index is 0.00000220. The lowest BCUT2D eigenvalue weighted by molar-refractivity contribution is 0.335. The Morgan fingerprint density at radius 3 is 2.57 bits per heavy atom. The van der Waals surface area contributed by atoms with Crippen molar-refractivity contribution in [1.29, 1.82) is 0 Å². The van der Waals surface area contributed by atoms with E-state index in [1.54, 1.807) is 4.31 Å². The smallest absolute Gasteiger partial charge is 0.214 e. The molecule has 6 heteroatoms. The standard InChI is InChI=1S/C15H24N2O2S.ClH/c1-2-11-17(15-8-10-16-13-15)20(18,19)12-9-14-6-4-3-5-7-14;/h3-7,15-16H,2,8-13H2,1H3;1H. The molecule has 0 radical (unpaired) electrons. The van der Waals surface area contributed by atoms with Crippen molar-refractivity contribution in [3.63, 3.8) is 0 Å². The van der Waals surface area contributed by atoms with E-state index < -0.39 is 10.0 Å². The van der Waals surface area contributed by atoms with Crippen molar-refractivity contribution in [2.24, 2.45) is 0 Å². The largest absolute Gasteiger partial charge is 0.315 e. The van der Waals surface area contributed by atoms with Crippen LogP contribution in [0.25, 0.3) is 0 Å². The van der Waals surface area contributed by atoms with Gasteiger partial charge in [0.15, 0.2) is 0 Å². The van der Waals surface area contributed by atoms with Gasteiger partial charge in [-0.25, -0.2) is 8.42 Å². The van der Waals surface area contributed by atoms with Crippen molar-refractivity contribution in [3.8, 4) is 0 Å². The van der Waals surface area contributed by atoms with Crippen LogP contribution in [0.4, 0.5) is 0 Å². The number of aryl methyl sites for hydroxylation is 1. The molecule has 1 saturated heterocycles. The summed E-state index contributed by atoms with van der Waals surface area (Å²) >= 11 is 0. The lowest BCUT2D eigenvalue weighted by Gasteiger charge is -2.27. The lowest BCUT2D eigenvalue weighted by atomic mass is 10.2. The molecule has 4 nitrogen and oxygen atoms in total. The van der Waals surface area contributed by atoms with Gasteiger partial charge in [0, 0.05) is 19.1 Å². The van der Waals surface area contributed by atoms with E-state index >= 15 is 0 Å². The minimum atomic E-state index is -3.17. The molecule has 1 fully saturated rings. The van der Waals surface area contributed by atoms with Crippen LogP contribution >= 0.6 is 12.4 Å².